The lowest BCUT2D eigenvalue weighted by molar-refractivity contribution is -0.139. The molecular formula is C30H30ClNO6. The number of carbonyl (C=O) groups excluding carboxylic acids is 2. The van der Waals surface area contributed by atoms with E-state index in [1.807, 2.05) is 44.2 Å². The summed E-state index contributed by atoms with van der Waals surface area (Å²) in [5.41, 5.74) is 2.56. The number of halogens is 1. The van der Waals surface area contributed by atoms with Crippen molar-refractivity contribution in [3.63, 3.8) is 0 Å². The van der Waals surface area contributed by atoms with Crippen LogP contribution in [0.1, 0.15) is 41.6 Å². The highest BCUT2D eigenvalue weighted by Gasteiger charge is 2.46. The van der Waals surface area contributed by atoms with Crippen molar-refractivity contribution < 1.29 is 28.9 Å². The molecule has 3 aromatic carbocycles. The van der Waals surface area contributed by atoms with E-state index >= 15 is 0 Å². The first kappa shape index (κ1) is 27.1. The SMILES string of the molecule is CCCN1C(=O)C(=O)/C(=C(/O)c2cc(C)cc(Cl)c2OC)C1c1ccc(OCc2ccccc2)c(OC)c1. The molecule has 1 aliphatic rings. The van der Waals surface area contributed by atoms with Gasteiger partial charge in [0, 0.05) is 6.54 Å². The summed E-state index contributed by atoms with van der Waals surface area (Å²) in [6, 6.07) is 17.5. The molecule has 1 heterocycles. The number of aryl methyl sites for hydroxylation is 1. The van der Waals surface area contributed by atoms with Crippen molar-refractivity contribution in [2.24, 2.45) is 0 Å². The third-order valence-electron chi connectivity index (χ3n) is 6.39. The second-order valence-electron chi connectivity index (χ2n) is 9.00. The number of aliphatic hydroxyl groups is 1. The molecule has 0 radical (unpaired) electrons. The van der Waals surface area contributed by atoms with Crippen molar-refractivity contribution in [1.82, 2.24) is 4.90 Å². The molecule has 1 amide bonds. The van der Waals surface area contributed by atoms with Crippen molar-refractivity contribution in [1.29, 1.82) is 0 Å². The fourth-order valence-electron chi connectivity index (χ4n) is 4.66. The van der Waals surface area contributed by atoms with Gasteiger partial charge in [-0.1, -0.05) is 54.9 Å². The number of ether oxygens (including phenoxy) is 3. The van der Waals surface area contributed by atoms with Gasteiger partial charge in [-0.15, -0.1) is 0 Å². The fourth-order valence-corrected chi connectivity index (χ4v) is 5.02. The predicted molar refractivity (Wildman–Crippen MR) is 146 cm³/mol. The Labute approximate surface area is 227 Å². The molecule has 1 aliphatic heterocycles. The Kier molecular flexibility index (Phi) is 8.27. The highest BCUT2D eigenvalue weighted by molar-refractivity contribution is 6.46. The minimum atomic E-state index is -0.837. The molecule has 0 aliphatic carbocycles. The summed E-state index contributed by atoms with van der Waals surface area (Å²) in [6.07, 6.45) is 0.624. The minimum Gasteiger partial charge on any atom is -0.507 e. The van der Waals surface area contributed by atoms with Gasteiger partial charge in [0.1, 0.15) is 18.1 Å². The summed E-state index contributed by atoms with van der Waals surface area (Å²) >= 11 is 6.36. The van der Waals surface area contributed by atoms with Gasteiger partial charge in [0.2, 0.25) is 0 Å². The van der Waals surface area contributed by atoms with Crippen LogP contribution in [0.5, 0.6) is 17.2 Å². The fraction of sp³-hybridized carbons (Fsp3) is 0.267. The van der Waals surface area contributed by atoms with Crippen LogP contribution in [0.15, 0.2) is 66.2 Å². The van der Waals surface area contributed by atoms with E-state index in [1.54, 1.807) is 30.3 Å². The molecule has 1 atom stereocenters. The average molecular weight is 536 g/mol. The number of likely N-dealkylation sites (tertiary alicyclic amines) is 1. The summed E-state index contributed by atoms with van der Waals surface area (Å²) < 4.78 is 17.0. The van der Waals surface area contributed by atoms with Crippen molar-refractivity contribution >= 4 is 29.1 Å². The Morgan fingerprint density at radius 2 is 1.74 bits per heavy atom. The largest absolute Gasteiger partial charge is 0.507 e. The third-order valence-corrected chi connectivity index (χ3v) is 6.67. The Bertz CT molecular complexity index is 1380. The van der Waals surface area contributed by atoms with Gasteiger partial charge in [-0.05, 0) is 54.3 Å². The molecule has 3 aromatic rings. The van der Waals surface area contributed by atoms with Gasteiger partial charge in [-0.2, -0.15) is 0 Å². The van der Waals surface area contributed by atoms with Gasteiger partial charge in [-0.25, -0.2) is 0 Å². The van der Waals surface area contributed by atoms with Gasteiger partial charge in [0.15, 0.2) is 11.5 Å². The Morgan fingerprint density at radius 3 is 2.39 bits per heavy atom. The topological polar surface area (TPSA) is 85.3 Å². The summed E-state index contributed by atoms with van der Waals surface area (Å²) in [5.74, 6) is -0.630. The van der Waals surface area contributed by atoms with Crippen molar-refractivity contribution in [2.75, 3.05) is 20.8 Å². The number of benzene rings is 3. The first-order chi connectivity index (χ1) is 18.3. The maximum Gasteiger partial charge on any atom is 0.295 e. The molecular weight excluding hydrogens is 506 g/mol. The van der Waals surface area contributed by atoms with Crippen LogP contribution in [0.25, 0.3) is 5.76 Å². The molecule has 1 fully saturated rings. The third kappa shape index (κ3) is 5.20. The highest BCUT2D eigenvalue weighted by atomic mass is 35.5. The molecule has 1 unspecified atom stereocenters. The number of hydrogen-bond donors (Lipinski definition) is 1. The summed E-state index contributed by atoms with van der Waals surface area (Å²) in [6.45, 7) is 4.40. The molecule has 7 nitrogen and oxygen atoms in total. The lowest BCUT2D eigenvalue weighted by atomic mass is 9.94. The van der Waals surface area contributed by atoms with Gasteiger partial charge in [0.05, 0.1) is 36.4 Å². The molecule has 1 N–H and O–H groups in total. The lowest BCUT2D eigenvalue weighted by Crippen LogP contribution is -2.30. The molecule has 0 saturated carbocycles. The van der Waals surface area contributed by atoms with Crippen LogP contribution in [-0.4, -0.2) is 42.5 Å². The zero-order chi connectivity index (χ0) is 27.4. The van der Waals surface area contributed by atoms with E-state index in [0.29, 0.717) is 36.6 Å². The Hall–Kier alpha value is -3.97. The van der Waals surface area contributed by atoms with E-state index in [4.69, 9.17) is 25.8 Å². The van der Waals surface area contributed by atoms with Gasteiger partial charge < -0.3 is 24.2 Å². The monoisotopic (exact) mass is 535 g/mol. The molecule has 0 bridgehead atoms. The number of hydrogen-bond acceptors (Lipinski definition) is 6. The first-order valence-corrected chi connectivity index (χ1v) is 12.7. The van der Waals surface area contributed by atoms with Crippen molar-refractivity contribution in [3.05, 3.63) is 93.5 Å². The highest BCUT2D eigenvalue weighted by Crippen LogP contribution is 2.44. The first-order valence-electron chi connectivity index (χ1n) is 12.3. The number of carbonyl (C=O) groups is 2. The van der Waals surface area contributed by atoms with E-state index in [9.17, 15) is 14.7 Å². The molecule has 4 rings (SSSR count). The molecule has 1 saturated heterocycles. The summed E-state index contributed by atoms with van der Waals surface area (Å²) in [5, 5.41) is 11.8. The van der Waals surface area contributed by atoms with Gasteiger partial charge in [0.25, 0.3) is 11.7 Å². The van der Waals surface area contributed by atoms with Crippen LogP contribution in [-0.2, 0) is 16.2 Å². The number of Topliss-reactive ketones (excluding diaryl/α,β-unsaturated/α-hetero) is 1. The van der Waals surface area contributed by atoms with Crippen LogP contribution in [0.3, 0.4) is 0 Å². The van der Waals surface area contributed by atoms with E-state index < -0.39 is 17.7 Å². The van der Waals surface area contributed by atoms with E-state index in [0.717, 1.165) is 11.1 Å². The van der Waals surface area contributed by atoms with Crippen molar-refractivity contribution in [3.8, 4) is 17.2 Å². The molecule has 198 valence electrons. The quantitative estimate of drug-likeness (QED) is 0.203. The van der Waals surface area contributed by atoms with E-state index in [2.05, 4.69) is 0 Å². The second kappa shape index (κ2) is 11.6. The smallest absolute Gasteiger partial charge is 0.295 e. The Balaban J connectivity index is 1.82. The summed E-state index contributed by atoms with van der Waals surface area (Å²) in [7, 11) is 2.95. The number of aliphatic hydroxyl groups excluding tert-OH is 1. The zero-order valence-corrected chi connectivity index (χ0v) is 22.5. The van der Waals surface area contributed by atoms with Crippen LogP contribution >= 0.6 is 11.6 Å². The summed E-state index contributed by atoms with van der Waals surface area (Å²) in [4.78, 5) is 27.9. The van der Waals surface area contributed by atoms with Crippen molar-refractivity contribution in [2.45, 2.75) is 32.9 Å². The van der Waals surface area contributed by atoms with Crippen LogP contribution in [0.4, 0.5) is 0 Å². The predicted octanol–water partition coefficient (Wildman–Crippen LogP) is 6.08. The zero-order valence-electron chi connectivity index (χ0n) is 21.8. The molecule has 0 spiro atoms. The number of ketones is 1. The minimum absolute atomic E-state index is 0.0385. The number of amides is 1. The maximum atomic E-state index is 13.3. The standard InChI is InChI=1S/C30H30ClNO6/c1-5-13-32-26(20-11-12-23(24(16-20)36-3)38-17-19-9-7-6-8-10-19)25(28(34)30(32)35)27(33)21-14-18(2)15-22(31)29(21)37-4/h6-12,14-16,26,33H,5,13,17H2,1-4H3/b27-25+. The normalized spacial score (nSPS) is 16.6. The van der Waals surface area contributed by atoms with Gasteiger partial charge in [-0.3, -0.25) is 9.59 Å². The molecule has 38 heavy (non-hydrogen) atoms. The van der Waals surface area contributed by atoms with Crippen LogP contribution in [0.2, 0.25) is 5.02 Å². The Morgan fingerprint density at radius 1 is 1.00 bits per heavy atom. The van der Waals surface area contributed by atoms with Gasteiger partial charge >= 0.3 is 0 Å². The maximum absolute atomic E-state index is 13.3. The van der Waals surface area contributed by atoms with Crippen LogP contribution in [0, 0.1) is 6.92 Å². The number of nitrogens with zero attached hydrogens (tertiary/aromatic N) is 1. The van der Waals surface area contributed by atoms with Crippen LogP contribution < -0.4 is 14.2 Å². The molecule has 0 aromatic heterocycles. The molecule has 8 heteroatoms. The lowest BCUT2D eigenvalue weighted by Gasteiger charge is -2.26. The number of rotatable bonds is 9. The second-order valence-corrected chi connectivity index (χ2v) is 9.41. The van der Waals surface area contributed by atoms with E-state index in [-0.39, 0.29) is 27.7 Å². The average Bonchev–Trinajstić information content (AvgIpc) is 3.16. The van der Waals surface area contributed by atoms with E-state index in [1.165, 1.54) is 19.1 Å². The number of methoxy groups -OCH3 is 2.